The van der Waals surface area contributed by atoms with Crippen LogP contribution in [0.5, 0.6) is 11.5 Å². The van der Waals surface area contributed by atoms with Crippen LogP contribution in [0.4, 0.5) is 0 Å². The van der Waals surface area contributed by atoms with Crippen molar-refractivity contribution < 1.29 is 24.5 Å². The zero-order valence-corrected chi connectivity index (χ0v) is 23.8. The van der Waals surface area contributed by atoms with Crippen molar-refractivity contribution >= 4 is 11.9 Å². The molecule has 0 saturated heterocycles. The Bertz CT molecular complexity index is 1250. The predicted molar refractivity (Wildman–Crippen MR) is 150 cm³/mol. The molecule has 0 radical (unpaired) electrons. The van der Waals surface area contributed by atoms with Crippen molar-refractivity contribution in [2.75, 3.05) is 0 Å². The van der Waals surface area contributed by atoms with Crippen LogP contribution in [0.2, 0.25) is 0 Å². The van der Waals surface area contributed by atoms with Crippen LogP contribution in [0.1, 0.15) is 101 Å². The Morgan fingerprint density at radius 1 is 0.692 bits per heavy atom. The molecule has 2 N–H and O–H groups in total. The predicted octanol–water partition coefficient (Wildman–Crippen LogP) is 6.89. The van der Waals surface area contributed by atoms with Crippen LogP contribution in [0.25, 0.3) is 0 Å². The molecule has 0 amide bonds. The molecule has 5 nitrogen and oxygen atoms in total. The fourth-order valence-corrected chi connectivity index (χ4v) is 9.70. The van der Waals surface area contributed by atoms with E-state index in [9.17, 15) is 19.8 Å². The van der Waals surface area contributed by atoms with E-state index in [-0.39, 0.29) is 46.1 Å². The van der Waals surface area contributed by atoms with E-state index in [0.717, 1.165) is 62.5 Å². The first-order valence-corrected chi connectivity index (χ1v) is 14.8. The van der Waals surface area contributed by atoms with E-state index < -0.39 is 10.8 Å². The number of phenolic OH excluding ortho intramolecular Hbond substituents is 2. The standard InChI is InChI=1S/C34H42O5/c1-31-15-5-17-33(3,27(31)13-9-21-7-11-23(35)19-25(21)31)29(37)39-30(38)34(4)18-6-16-32(2)26-20-24(36)12-8-22(26)10-14-28(32)34/h7-8,11-12,19-20,27-28,35-36H,5-6,9-10,13-18H2,1-4H3/t27-,28?,31-,32?,33?,34?/m1/s1. The van der Waals surface area contributed by atoms with E-state index in [1.54, 1.807) is 12.1 Å². The van der Waals surface area contributed by atoms with Gasteiger partial charge in [0.2, 0.25) is 0 Å². The summed E-state index contributed by atoms with van der Waals surface area (Å²) in [5, 5.41) is 20.5. The van der Waals surface area contributed by atoms with Gasteiger partial charge in [-0.1, -0.05) is 38.8 Å². The number of ether oxygens (including phenoxy) is 1. The molecule has 4 aliphatic carbocycles. The Balaban J connectivity index is 1.28. The van der Waals surface area contributed by atoms with E-state index in [0.29, 0.717) is 12.8 Å². The molecule has 0 aromatic heterocycles. The summed E-state index contributed by atoms with van der Waals surface area (Å²) in [5.74, 6) is -0.152. The maximum absolute atomic E-state index is 14.0. The van der Waals surface area contributed by atoms with Crippen LogP contribution in [0.15, 0.2) is 36.4 Å². The number of hydrogen-bond donors (Lipinski definition) is 2. The lowest BCUT2D eigenvalue weighted by atomic mass is 9.49. The van der Waals surface area contributed by atoms with Crippen LogP contribution in [-0.4, -0.2) is 22.2 Å². The van der Waals surface area contributed by atoms with Gasteiger partial charge in [0.1, 0.15) is 11.5 Å². The number of aryl methyl sites for hydroxylation is 2. The van der Waals surface area contributed by atoms with Gasteiger partial charge >= 0.3 is 11.9 Å². The Morgan fingerprint density at radius 3 is 1.51 bits per heavy atom. The largest absolute Gasteiger partial charge is 0.508 e. The lowest BCUT2D eigenvalue weighted by Crippen LogP contribution is -2.55. The SMILES string of the molecule is CC1(C(=O)OC(=O)C2(C)CCC[C@]3(C)c4cc(O)ccc4CC[C@@H]23)CCCC2(C)c3cc(O)ccc3CCC12. The first kappa shape index (κ1) is 26.4. The highest BCUT2D eigenvalue weighted by atomic mass is 16.6. The number of aromatic hydroxyl groups is 2. The molecule has 5 heteroatoms. The molecule has 39 heavy (non-hydrogen) atoms. The second kappa shape index (κ2) is 8.84. The summed E-state index contributed by atoms with van der Waals surface area (Å²) in [4.78, 5) is 28.1. The summed E-state index contributed by atoms with van der Waals surface area (Å²) >= 11 is 0. The lowest BCUT2D eigenvalue weighted by Gasteiger charge is -2.55. The maximum Gasteiger partial charge on any atom is 0.319 e. The van der Waals surface area contributed by atoms with Gasteiger partial charge in [-0.05, 0) is 134 Å². The normalized spacial score (nSPS) is 37.0. The minimum absolute atomic E-state index is 0.0438. The van der Waals surface area contributed by atoms with Crippen molar-refractivity contribution in [1.82, 2.24) is 0 Å². The molecule has 208 valence electrons. The summed E-state index contributed by atoms with van der Waals surface area (Å²) < 4.78 is 5.97. The molecule has 4 aliphatic rings. The monoisotopic (exact) mass is 530 g/mol. The topological polar surface area (TPSA) is 83.8 Å². The zero-order chi connectivity index (χ0) is 27.8. The minimum atomic E-state index is -0.759. The maximum atomic E-state index is 14.0. The molecular weight excluding hydrogens is 488 g/mol. The molecule has 0 aliphatic heterocycles. The van der Waals surface area contributed by atoms with Gasteiger partial charge in [-0.3, -0.25) is 9.59 Å². The highest BCUT2D eigenvalue weighted by molar-refractivity contribution is 5.92. The highest BCUT2D eigenvalue weighted by Gasteiger charge is 2.59. The Labute approximate surface area is 232 Å². The van der Waals surface area contributed by atoms with Crippen molar-refractivity contribution in [2.45, 2.75) is 103 Å². The van der Waals surface area contributed by atoms with Gasteiger partial charge in [0.15, 0.2) is 0 Å². The second-order valence-electron chi connectivity index (χ2n) is 13.9. The van der Waals surface area contributed by atoms with Gasteiger partial charge in [-0.2, -0.15) is 0 Å². The summed E-state index contributed by atoms with van der Waals surface area (Å²) in [6.07, 6.45) is 8.52. The summed E-state index contributed by atoms with van der Waals surface area (Å²) in [7, 11) is 0. The molecular formula is C34H42O5. The first-order valence-electron chi connectivity index (χ1n) is 14.8. The number of phenols is 2. The van der Waals surface area contributed by atoms with Crippen LogP contribution < -0.4 is 0 Å². The van der Waals surface area contributed by atoms with Crippen molar-refractivity contribution in [3.63, 3.8) is 0 Å². The van der Waals surface area contributed by atoms with Gasteiger partial charge in [0.05, 0.1) is 10.8 Å². The van der Waals surface area contributed by atoms with Crippen LogP contribution in [-0.2, 0) is 38.0 Å². The molecule has 4 unspecified atom stereocenters. The van der Waals surface area contributed by atoms with Crippen molar-refractivity contribution in [2.24, 2.45) is 22.7 Å². The summed E-state index contributed by atoms with van der Waals surface area (Å²) in [6, 6.07) is 11.3. The minimum Gasteiger partial charge on any atom is -0.508 e. The molecule has 2 fully saturated rings. The molecule has 0 spiro atoms. The van der Waals surface area contributed by atoms with Gasteiger partial charge in [0, 0.05) is 0 Å². The third-order valence-electron chi connectivity index (χ3n) is 11.8. The number of benzene rings is 2. The number of carbonyl (C=O) groups is 2. The van der Waals surface area contributed by atoms with E-state index >= 15 is 0 Å². The lowest BCUT2D eigenvalue weighted by molar-refractivity contribution is -0.184. The van der Waals surface area contributed by atoms with Crippen molar-refractivity contribution in [1.29, 1.82) is 0 Å². The Kier molecular flexibility index (Phi) is 5.99. The second-order valence-corrected chi connectivity index (χ2v) is 13.9. The van der Waals surface area contributed by atoms with Crippen LogP contribution in [0, 0.1) is 22.7 Å². The van der Waals surface area contributed by atoms with Gasteiger partial charge in [0.25, 0.3) is 0 Å². The van der Waals surface area contributed by atoms with Crippen LogP contribution in [0.3, 0.4) is 0 Å². The van der Waals surface area contributed by atoms with E-state index in [4.69, 9.17) is 4.74 Å². The van der Waals surface area contributed by atoms with E-state index in [2.05, 4.69) is 13.8 Å². The summed E-state index contributed by atoms with van der Waals surface area (Å²) in [6.45, 7) is 8.46. The fourth-order valence-electron chi connectivity index (χ4n) is 9.70. The van der Waals surface area contributed by atoms with Gasteiger partial charge in [-0.25, -0.2) is 0 Å². The smallest absolute Gasteiger partial charge is 0.319 e. The average Bonchev–Trinajstić information content (AvgIpc) is 2.89. The first-order chi connectivity index (χ1) is 18.4. The molecule has 6 rings (SSSR count). The average molecular weight is 531 g/mol. The molecule has 2 aromatic carbocycles. The van der Waals surface area contributed by atoms with Gasteiger partial charge in [-0.15, -0.1) is 0 Å². The summed E-state index contributed by atoms with van der Waals surface area (Å²) in [5.41, 5.74) is 2.77. The molecule has 2 saturated carbocycles. The van der Waals surface area contributed by atoms with E-state index in [1.807, 2.05) is 38.1 Å². The quantitative estimate of drug-likeness (QED) is 0.326. The fraction of sp³-hybridized carbons (Fsp3) is 0.588. The number of carbonyl (C=O) groups excluding carboxylic acids is 2. The van der Waals surface area contributed by atoms with Crippen LogP contribution >= 0.6 is 0 Å². The molecule has 0 heterocycles. The van der Waals surface area contributed by atoms with Crippen molar-refractivity contribution in [3.05, 3.63) is 58.7 Å². The van der Waals surface area contributed by atoms with Crippen molar-refractivity contribution in [3.8, 4) is 11.5 Å². The molecule has 2 aromatic rings. The highest BCUT2D eigenvalue weighted by Crippen LogP contribution is 2.60. The third kappa shape index (κ3) is 3.78. The number of rotatable bonds is 2. The third-order valence-corrected chi connectivity index (χ3v) is 11.8. The number of fused-ring (bicyclic) bond motifs is 6. The number of esters is 2. The Hall–Kier alpha value is -2.82. The molecule has 0 bridgehead atoms. The van der Waals surface area contributed by atoms with Gasteiger partial charge < -0.3 is 14.9 Å². The molecule has 6 atom stereocenters. The zero-order valence-electron chi connectivity index (χ0n) is 23.8. The number of hydrogen-bond acceptors (Lipinski definition) is 5. The van der Waals surface area contributed by atoms with E-state index in [1.165, 1.54) is 11.1 Å². The Morgan fingerprint density at radius 2 is 1.10 bits per heavy atom.